The van der Waals surface area contributed by atoms with Gasteiger partial charge in [-0.3, -0.25) is 0 Å². The summed E-state index contributed by atoms with van der Waals surface area (Å²) in [6, 6.07) is 9.92. The quantitative estimate of drug-likeness (QED) is 0.464. The summed E-state index contributed by atoms with van der Waals surface area (Å²) in [5, 5.41) is 2.93. The van der Waals surface area contributed by atoms with Crippen molar-refractivity contribution in [2.75, 3.05) is 17.7 Å². The molecule has 0 atom stereocenters. The number of rotatable bonds is 4. The van der Waals surface area contributed by atoms with Gasteiger partial charge >= 0.3 is 5.97 Å². The number of ether oxygens (including phenoxy) is 1. The molecule has 3 N–H and O–H groups in total. The number of nitrogens with two attached hydrogens (primary N) is 1. The Balaban J connectivity index is 2.35. The molecule has 0 radical (unpaired) electrons. The van der Waals surface area contributed by atoms with E-state index in [1.807, 2.05) is 24.3 Å². The van der Waals surface area contributed by atoms with E-state index in [0.29, 0.717) is 0 Å². The third kappa shape index (κ3) is 3.84. The van der Waals surface area contributed by atoms with E-state index in [1.165, 1.54) is 6.07 Å². The van der Waals surface area contributed by atoms with E-state index in [0.717, 1.165) is 15.3 Å². The van der Waals surface area contributed by atoms with E-state index >= 15 is 0 Å². The van der Waals surface area contributed by atoms with Crippen LogP contribution in [0.1, 0.15) is 17.3 Å². The summed E-state index contributed by atoms with van der Waals surface area (Å²) in [7, 11) is 0. The largest absolute Gasteiger partial charge is 0.462 e. The molecular formula is C15H14FIN2O2. The molecule has 0 fully saturated rings. The lowest BCUT2D eigenvalue weighted by Crippen LogP contribution is -2.09. The van der Waals surface area contributed by atoms with E-state index in [-0.39, 0.29) is 23.5 Å². The minimum Gasteiger partial charge on any atom is -0.462 e. The Morgan fingerprint density at radius 3 is 2.81 bits per heavy atom. The van der Waals surface area contributed by atoms with Crippen LogP contribution < -0.4 is 11.1 Å². The van der Waals surface area contributed by atoms with E-state index in [1.54, 1.807) is 6.92 Å². The molecule has 0 saturated heterocycles. The van der Waals surface area contributed by atoms with Crippen molar-refractivity contribution in [3.8, 4) is 0 Å². The highest BCUT2D eigenvalue weighted by molar-refractivity contribution is 14.1. The number of hydrogen-bond donors (Lipinski definition) is 2. The Kier molecular flexibility index (Phi) is 5.00. The monoisotopic (exact) mass is 400 g/mol. The summed E-state index contributed by atoms with van der Waals surface area (Å²) in [5.41, 5.74) is 6.77. The van der Waals surface area contributed by atoms with Crippen LogP contribution in [0.2, 0.25) is 0 Å². The maximum atomic E-state index is 14.0. The van der Waals surface area contributed by atoms with Crippen molar-refractivity contribution < 1.29 is 13.9 Å². The number of hydrogen-bond acceptors (Lipinski definition) is 4. The standard InChI is InChI=1S/C15H14FIN2O2/c1-2-21-15(20)11-7-14(12(16)8-13(11)18)19-10-5-3-4-9(17)6-10/h3-8,19H,2,18H2,1H3. The maximum Gasteiger partial charge on any atom is 0.340 e. The lowest BCUT2D eigenvalue weighted by molar-refractivity contribution is 0.0527. The van der Waals surface area contributed by atoms with Gasteiger partial charge in [0, 0.05) is 14.9 Å². The van der Waals surface area contributed by atoms with Crippen LogP contribution in [0.25, 0.3) is 0 Å². The molecule has 0 aliphatic carbocycles. The molecule has 110 valence electrons. The average Bonchev–Trinajstić information content (AvgIpc) is 2.42. The Morgan fingerprint density at radius 2 is 2.14 bits per heavy atom. The van der Waals surface area contributed by atoms with Crippen molar-refractivity contribution in [2.45, 2.75) is 6.92 Å². The Bertz CT molecular complexity index is 677. The second kappa shape index (κ2) is 6.75. The minimum absolute atomic E-state index is 0.0548. The van der Waals surface area contributed by atoms with Crippen molar-refractivity contribution in [2.24, 2.45) is 0 Å². The van der Waals surface area contributed by atoms with Gasteiger partial charge in [0.25, 0.3) is 0 Å². The fraction of sp³-hybridized carbons (Fsp3) is 0.133. The molecule has 2 rings (SSSR count). The van der Waals surface area contributed by atoms with Gasteiger partial charge in [-0.1, -0.05) is 6.07 Å². The highest BCUT2D eigenvalue weighted by atomic mass is 127. The number of nitrogen functional groups attached to an aromatic ring is 1. The third-order valence-corrected chi connectivity index (χ3v) is 3.41. The van der Waals surface area contributed by atoms with Crippen LogP contribution in [-0.4, -0.2) is 12.6 Å². The molecule has 0 amide bonds. The van der Waals surface area contributed by atoms with Crippen molar-refractivity contribution in [1.29, 1.82) is 0 Å². The number of esters is 1. The van der Waals surface area contributed by atoms with Crippen LogP contribution in [0, 0.1) is 9.39 Å². The summed E-state index contributed by atoms with van der Waals surface area (Å²) in [6.07, 6.45) is 0. The van der Waals surface area contributed by atoms with E-state index in [9.17, 15) is 9.18 Å². The summed E-state index contributed by atoms with van der Waals surface area (Å²) >= 11 is 2.16. The van der Waals surface area contributed by atoms with E-state index in [4.69, 9.17) is 10.5 Å². The van der Waals surface area contributed by atoms with Crippen LogP contribution in [0.15, 0.2) is 36.4 Å². The Hall–Kier alpha value is -1.83. The lowest BCUT2D eigenvalue weighted by Gasteiger charge is -2.12. The number of nitrogens with one attached hydrogen (secondary N) is 1. The van der Waals surface area contributed by atoms with Gasteiger partial charge in [-0.15, -0.1) is 0 Å². The van der Waals surface area contributed by atoms with Crippen molar-refractivity contribution in [3.63, 3.8) is 0 Å². The van der Waals surface area contributed by atoms with Gasteiger partial charge < -0.3 is 15.8 Å². The molecule has 0 aliphatic rings. The average molecular weight is 400 g/mol. The number of carbonyl (C=O) groups is 1. The van der Waals surface area contributed by atoms with Crippen molar-refractivity contribution >= 4 is 45.6 Å². The van der Waals surface area contributed by atoms with Crippen LogP contribution >= 0.6 is 22.6 Å². The Labute approximate surface area is 135 Å². The zero-order valence-electron chi connectivity index (χ0n) is 11.3. The van der Waals surface area contributed by atoms with Gasteiger partial charge in [0.2, 0.25) is 0 Å². The van der Waals surface area contributed by atoms with Crippen molar-refractivity contribution in [3.05, 3.63) is 51.3 Å². The minimum atomic E-state index is -0.569. The molecule has 2 aromatic rings. The molecule has 0 aromatic heterocycles. The lowest BCUT2D eigenvalue weighted by atomic mass is 10.1. The molecule has 0 unspecified atom stereocenters. The highest BCUT2D eigenvalue weighted by Crippen LogP contribution is 2.26. The SMILES string of the molecule is CCOC(=O)c1cc(Nc2cccc(I)c2)c(F)cc1N. The number of benzene rings is 2. The number of halogens is 2. The number of anilines is 3. The van der Waals surface area contributed by atoms with Gasteiger partial charge in [0.15, 0.2) is 0 Å². The van der Waals surface area contributed by atoms with Crippen LogP contribution in [-0.2, 0) is 4.74 Å². The molecule has 0 heterocycles. The zero-order valence-corrected chi connectivity index (χ0v) is 13.5. The Morgan fingerprint density at radius 1 is 1.38 bits per heavy atom. The summed E-state index contributed by atoms with van der Waals surface area (Å²) in [5.74, 6) is -1.10. The van der Waals surface area contributed by atoms with E-state index in [2.05, 4.69) is 27.9 Å². The first kappa shape index (κ1) is 15.6. The first-order valence-corrected chi connectivity index (χ1v) is 7.38. The van der Waals surface area contributed by atoms with Crippen LogP contribution in [0.4, 0.5) is 21.5 Å². The van der Waals surface area contributed by atoms with Gasteiger partial charge in [-0.05, 0) is 59.8 Å². The zero-order chi connectivity index (χ0) is 15.4. The molecule has 0 spiro atoms. The molecular weight excluding hydrogens is 386 g/mol. The molecule has 0 saturated carbocycles. The number of carbonyl (C=O) groups excluding carboxylic acids is 1. The van der Waals surface area contributed by atoms with Crippen molar-refractivity contribution in [1.82, 2.24) is 0 Å². The van der Waals surface area contributed by atoms with E-state index < -0.39 is 11.8 Å². The van der Waals surface area contributed by atoms with Crippen LogP contribution in [0.3, 0.4) is 0 Å². The summed E-state index contributed by atoms with van der Waals surface area (Å²) in [6.45, 7) is 1.93. The normalized spacial score (nSPS) is 10.2. The molecule has 0 bridgehead atoms. The fourth-order valence-corrected chi connectivity index (χ4v) is 2.33. The fourth-order valence-electron chi connectivity index (χ4n) is 1.79. The highest BCUT2D eigenvalue weighted by Gasteiger charge is 2.15. The molecule has 4 nitrogen and oxygen atoms in total. The van der Waals surface area contributed by atoms with Gasteiger partial charge in [-0.25, -0.2) is 9.18 Å². The summed E-state index contributed by atoms with van der Waals surface area (Å²) < 4.78 is 19.9. The maximum absolute atomic E-state index is 14.0. The summed E-state index contributed by atoms with van der Waals surface area (Å²) in [4.78, 5) is 11.8. The smallest absolute Gasteiger partial charge is 0.340 e. The second-order valence-corrected chi connectivity index (χ2v) is 5.52. The van der Waals surface area contributed by atoms with Gasteiger partial charge in [-0.2, -0.15) is 0 Å². The molecule has 6 heteroatoms. The predicted octanol–water partition coefficient (Wildman–Crippen LogP) is 3.93. The van der Waals surface area contributed by atoms with Gasteiger partial charge in [0.1, 0.15) is 5.82 Å². The van der Waals surface area contributed by atoms with Crippen LogP contribution in [0.5, 0.6) is 0 Å². The van der Waals surface area contributed by atoms with Gasteiger partial charge in [0.05, 0.1) is 17.9 Å². The second-order valence-electron chi connectivity index (χ2n) is 4.28. The molecule has 0 aliphatic heterocycles. The first-order valence-electron chi connectivity index (χ1n) is 6.30. The molecule has 2 aromatic carbocycles. The third-order valence-electron chi connectivity index (χ3n) is 2.74. The first-order chi connectivity index (χ1) is 10.0. The topological polar surface area (TPSA) is 64.3 Å². The predicted molar refractivity (Wildman–Crippen MR) is 89.2 cm³/mol. The molecule has 21 heavy (non-hydrogen) atoms.